The SMILES string of the molecule is CCC(C)C([SiH3])=C(Cl)N(C)C. The van der Waals surface area contributed by atoms with E-state index in [1.54, 1.807) is 0 Å². The van der Waals surface area contributed by atoms with Crippen molar-refractivity contribution in [3.8, 4) is 0 Å². The highest BCUT2D eigenvalue weighted by Crippen LogP contribution is 2.18. The summed E-state index contributed by atoms with van der Waals surface area (Å²) in [5.74, 6) is 0.650. The molecule has 0 aliphatic carbocycles. The first-order valence-corrected chi connectivity index (χ1v) is 5.42. The van der Waals surface area contributed by atoms with Crippen LogP contribution in [0.5, 0.6) is 0 Å². The molecule has 3 heteroatoms. The van der Waals surface area contributed by atoms with E-state index < -0.39 is 0 Å². The van der Waals surface area contributed by atoms with Crippen LogP contribution < -0.4 is 0 Å². The third kappa shape index (κ3) is 3.30. The highest BCUT2D eigenvalue weighted by atomic mass is 35.5. The number of allylic oxidation sites excluding steroid dienone is 1. The van der Waals surface area contributed by atoms with Crippen molar-refractivity contribution in [3.05, 3.63) is 10.4 Å². The van der Waals surface area contributed by atoms with Gasteiger partial charge in [0.1, 0.15) is 0 Å². The molecule has 0 saturated carbocycles. The van der Waals surface area contributed by atoms with Crippen LogP contribution in [-0.2, 0) is 0 Å². The van der Waals surface area contributed by atoms with Crippen LogP contribution in [0.3, 0.4) is 0 Å². The van der Waals surface area contributed by atoms with Crippen LogP contribution >= 0.6 is 11.6 Å². The Kier molecular flexibility index (Phi) is 4.85. The summed E-state index contributed by atoms with van der Waals surface area (Å²) in [7, 11) is 5.05. The molecule has 1 unspecified atom stereocenters. The van der Waals surface area contributed by atoms with E-state index in [2.05, 4.69) is 13.8 Å². The predicted molar refractivity (Wildman–Crippen MR) is 56.0 cm³/mol. The minimum Gasteiger partial charge on any atom is -0.369 e. The molecule has 0 spiro atoms. The van der Waals surface area contributed by atoms with Crippen LogP contribution in [0, 0.1) is 5.92 Å². The van der Waals surface area contributed by atoms with Gasteiger partial charge in [0, 0.05) is 24.3 Å². The number of halogens is 1. The van der Waals surface area contributed by atoms with Crippen LogP contribution in [0.2, 0.25) is 0 Å². The summed E-state index contributed by atoms with van der Waals surface area (Å²) >= 11 is 6.08. The molecule has 0 aromatic heterocycles. The molecule has 0 bridgehead atoms. The van der Waals surface area contributed by atoms with Crippen molar-refractivity contribution >= 4 is 21.8 Å². The standard InChI is InChI=1S/C8H18ClNSi/c1-5-6(2)7(11)8(9)10(3)4/h6H,5H2,1-4,11H3. The summed E-state index contributed by atoms with van der Waals surface area (Å²) in [6.45, 7) is 4.43. The molecule has 1 nitrogen and oxygen atoms in total. The van der Waals surface area contributed by atoms with Crippen LogP contribution in [0.4, 0.5) is 0 Å². The summed E-state index contributed by atoms with van der Waals surface area (Å²) in [6.07, 6.45) is 1.18. The second-order valence-electron chi connectivity index (χ2n) is 3.18. The fourth-order valence-electron chi connectivity index (χ4n) is 0.862. The van der Waals surface area contributed by atoms with Gasteiger partial charge in [-0.05, 0) is 5.92 Å². The van der Waals surface area contributed by atoms with Gasteiger partial charge in [0.15, 0.2) is 0 Å². The van der Waals surface area contributed by atoms with Gasteiger partial charge in [-0.2, -0.15) is 0 Å². The van der Waals surface area contributed by atoms with E-state index in [0.29, 0.717) is 5.92 Å². The van der Waals surface area contributed by atoms with Crippen molar-refractivity contribution in [1.82, 2.24) is 4.90 Å². The molecule has 0 saturated heterocycles. The quantitative estimate of drug-likeness (QED) is 0.481. The smallest absolute Gasteiger partial charge is 0.0983 e. The number of nitrogens with zero attached hydrogens (tertiary/aromatic N) is 1. The summed E-state index contributed by atoms with van der Waals surface area (Å²) in [5, 5.41) is 2.35. The first kappa shape index (κ1) is 11.0. The lowest BCUT2D eigenvalue weighted by molar-refractivity contribution is 0.530. The molecule has 0 rings (SSSR count). The van der Waals surface area contributed by atoms with Crippen molar-refractivity contribution in [2.75, 3.05) is 14.1 Å². The predicted octanol–water partition coefficient (Wildman–Crippen LogP) is 1.37. The second kappa shape index (κ2) is 4.83. The lowest BCUT2D eigenvalue weighted by Gasteiger charge is -2.17. The maximum absolute atomic E-state index is 6.08. The van der Waals surface area contributed by atoms with E-state index in [-0.39, 0.29) is 0 Å². The maximum atomic E-state index is 6.08. The Bertz CT molecular complexity index is 154. The Morgan fingerprint density at radius 2 is 2.00 bits per heavy atom. The Balaban J connectivity index is 4.38. The zero-order valence-electron chi connectivity index (χ0n) is 8.11. The topological polar surface area (TPSA) is 3.24 Å². The molecular formula is C8H18ClNSi. The van der Waals surface area contributed by atoms with E-state index >= 15 is 0 Å². The zero-order chi connectivity index (χ0) is 9.02. The van der Waals surface area contributed by atoms with Crippen molar-refractivity contribution in [2.45, 2.75) is 20.3 Å². The summed E-state index contributed by atoms with van der Waals surface area (Å²) in [5.41, 5.74) is 0. The van der Waals surface area contributed by atoms with Gasteiger partial charge in [0.2, 0.25) is 0 Å². The summed E-state index contributed by atoms with van der Waals surface area (Å²) in [6, 6.07) is 0. The van der Waals surface area contributed by atoms with Gasteiger partial charge in [-0.25, -0.2) is 0 Å². The molecule has 0 aliphatic rings. The van der Waals surface area contributed by atoms with Gasteiger partial charge in [-0.3, -0.25) is 0 Å². The molecule has 0 aliphatic heterocycles. The second-order valence-corrected chi connectivity index (χ2v) is 4.61. The van der Waals surface area contributed by atoms with Crippen molar-refractivity contribution in [1.29, 1.82) is 0 Å². The number of rotatable bonds is 3. The maximum Gasteiger partial charge on any atom is 0.0983 e. The van der Waals surface area contributed by atoms with Gasteiger partial charge < -0.3 is 4.90 Å². The minimum absolute atomic E-state index is 0.650. The number of hydrogen-bond donors (Lipinski definition) is 0. The first-order valence-electron chi connectivity index (χ1n) is 4.04. The fourth-order valence-corrected chi connectivity index (χ4v) is 1.90. The van der Waals surface area contributed by atoms with Gasteiger partial charge in [0.25, 0.3) is 0 Å². The van der Waals surface area contributed by atoms with Gasteiger partial charge in [0.05, 0.1) is 5.16 Å². The highest BCUT2D eigenvalue weighted by molar-refractivity contribution is 6.35. The summed E-state index contributed by atoms with van der Waals surface area (Å²) in [4.78, 5) is 1.98. The molecule has 0 fully saturated rings. The monoisotopic (exact) mass is 191 g/mol. The van der Waals surface area contributed by atoms with E-state index in [0.717, 1.165) is 15.4 Å². The largest absolute Gasteiger partial charge is 0.369 e. The Labute approximate surface area is 77.8 Å². The normalized spacial score (nSPS) is 16.1. The van der Waals surface area contributed by atoms with Gasteiger partial charge in [-0.15, -0.1) is 0 Å². The van der Waals surface area contributed by atoms with Gasteiger partial charge >= 0.3 is 0 Å². The molecule has 11 heavy (non-hydrogen) atoms. The first-order chi connectivity index (χ1) is 5.00. The van der Waals surface area contributed by atoms with E-state index in [1.165, 1.54) is 11.6 Å². The highest BCUT2D eigenvalue weighted by Gasteiger charge is 2.07. The Morgan fingerprint density at radius 3 is 2.27 bits per heavy atom. The van der Waals surface area contributed by atoms with E-state index in [1.807, 2.05) is 19.0 Å². The van der Waals surface area contributed by atoms with Crippen molar-refractivity contribution in [2.24, 2.45) is 5.92 Å². The fraction of sp³-hybridized carbons (Fsp3) is 0.750. The molecule has 0 aromatic carbocycles. The van der Waals surface area contributed by atoms with Crippen LogP contribution in [0.25, 0.3) is 0 Å². The number of hydrogen-bond acceptors (Lipinski definition) is 1. The van der Waals surface area contributed by atoms with E-state index in [4.69, 9.17) is 11.6 Å². The third-order valence-corrected chi connectivity index (χ3v) is 4.48. The van der Waals surface area contributed by atoms with Crippen molar-refractivity contribution < 1.29 is 0 Å². The minimum atomic E-state index is 0.650. The average molecular weight is 192 g/mol. The zero-order valence-corrected chi connectivity index (χ0v) is 10.9. The molecule has 0 aromatic rings. The summed E-state index contributed by atoms with van der Waals surface area (Å²) < 4.78 is 0. The molecule has 0 N–H and O–H groups in total. The Hall–Kier alpha value is 0.0469. The molecule has 66 valence electrons. The molecule has 0 amide bonds. The molecular weight excluding hydrogens is 174 g/mol. The lowest BCUT2D eigenvalue weighted by Crippen LogP contribution is -2.12. The molecule has 0 heterocycles. The average Bonchev–Trinajstić information content (AvgIpc) is 2.00. The van der Waals surface area contributed by atoms with Crippen LogP contribution in [-0.4, -0.2) is 29.2 Å². The van der Waals surface area contributed by atoms with Crippen LogP contribution in [0.1, 0.15) is 20.3 Å². The van der Waals surface area contributed by atoms with Crippen LogP contribution in [0.15, 0.2) is 10.4 Å². The van der Waals surface area contributed by atoms with E-state index in [9.17, 15) is 0 Å². The Morgan fingerprint density at radius 1 is 1.55 bits per heavy atom. The molecule has 0 radical (unpaired) electrons. The third-order valence-electron chi connectivity index (χ3n) is 2.07. The van der Waals surface area contributed by atoms with Gasteiger partial charge in [-0.1, -0.05) is 37.1 Å². The van der Waals surface area contributed by atoms with Crippen molar-refractivity contribution in [3.63, 3.8) is 0 Å². The molecule has 1 atom stereocenters. The lowest BCUT2D eigenvalue weighted by atomic mass is 10.1.